The Labute approximate surface area is 229 Å². The molecule has 0 heterocycles. The number of esters is 2. The zero-order valence-electron chi connectivity index (χ0n) is 25.3. The van der Waals surface area contributed by atoms with Crippen LogP contribution in [0.1, 0.15) is 113 Å². The lowest BCUT2D eigenvalue weighted by molar-refractivity contribution is -0.208. The van der Waals surface area contributed by atoms with Crippen molar-refractivity contribution in [2.24, 2.45) is 50.2 Å². The van der Waals surface area contributed by atoms with E-state index in [1.807, 2.05) is 0 Å². The Hall–Kier alpha value is -1.65. The van der Waals surface area contributed by atoms with Crippen LogP contribution in [0.3, 0.4) is 0 Å². The Bertz CT molecular complexity index is 1080. The van der Waals surface area contributed by atoms with Crippen molar-refractivity contribution in [3.05, 3.63) is 11.6 Å². The second-order valence-corrected chi connectivity index (χ2v) is 15.7. The van der Waals surface area contributed by atoms with Crippen molar-refractivity contribution in [2.75, 3.05) is 7.11 Å². The van der Waals surface area contributed by atoms with E-state index in [0.717, 1.165) is 38.5 Å². The zero-order valence-corrected chi connectivity index (χ0v) is 25.3. The van der Waals surface area contributed by atoms with E-state index in [4.69, 9.17) is 9.47 Å². The summed E-state index contributed by atoms with van der Waals surface area (Å²) in [6, 6.07) is 0. The minimum atomic E-state index is -0.829. The Balaban J connectivity index is 1.63. The average molecular weight is 527 g/mol. The van der Waals surface area contributed by atoms with Gasteiger partial charge in [0.05, 0.1) is 7.11 Å². The molecule has 0 aliphatic heterocycles. The minimum absolute atomic E-state index is 0.00511. The first kappa shape index (κ1) is 27.9. The number of allylic oxidation sites excluding steroid dienone is 2. The minimum Gasteiger partial charge on any atom is -0.468 e. The van der Waals surface area contributed by atoms with Gasteiger partial charge >= 0.3 is 11.9 Å². The summed E-state index contributed by atoms with van der Waals surface area (Å²) in [4.78, 5) is 39.0. The van der Waals surface area contributed by atoms with Gasteiger partial charge in [-0.2, -0.15) is 0 Å². The number of rotatable bonds is 2. The van der Waals surface area contributed by atoms with Gasteiger partial charge < -0.3 is 9.47 Å². The van der Waals surface area contributed by atoms with E-state index in [0.29, 0.717) is 36.9 Å². The molecule has 0 amide bonds. The van der Waals surface area contributed by atoms with Gasteiger partial charge in [-0.15, -0.1) is 0 Å². The van der Waals surface area contributed by atoms with E-state index < -0.39 is 11.5 Å². The normalized spacial score (nSPS) is 46.9. The van der Waals surface area contributed by atoms with Crippen LogP contribution in [0.5, 0.6) is 0 Å². The van der Waals surface area contributed by atoms with Crippen molar-refractivity contribution in [1.82, 2.24) is 0 Å². The van der Waals surface area contributed by atoms with Crippen LogP contribution < -0.4 is 0 Å². The quantitative estimate of drug-likeness (QED) is 0.284. The largest absolute Gasteiger partial charge is 0.468 e. The molecule has 0 N–H and O–H groups in total. The first-order valence-corrected chi connectivity index (χ1v) is 15.0. The lowest BCUT2D eigenvalue weighted by atomic mass is 9.33. The lowest BCUT2D eigenvalue weighted by Gasteiger charge is -2.70. The molecule has 5 aliphatic carbocycles. The number of Topliss-reactive ketones (excluding diaryl/α,β-unsaturated/α-hetero) is 1. The van der Waals surface area contributed by atoms with Gasteiger partial charge in [0.25, 0.3) is 0 Å². The highest BCUT2D eigenvalue weighted by molar-refractivity contribution is 5.85. The third-order valence-electron chi connectivity index (χ3n) is 13.2. The molecule has 5 heteroatoms. The van der Waals surface area contributed by atoms with Gasteiger partial charge in [-0.1, -0.05) is 60.1 Å². The van der Waals surface area contributed by atoms with Crippen LogP contribution in [0.2, 0.25) is 0 Å². The van der Waals surface area contributed by atoms with E-state index in [-0.39, 0.29) is 44.9 Å². The smallest absolute Gasteiger partial charge is 0.316 e. The lowest BCUT2D eigenvalue weighted by Crippen LogP contribution is -2.66. The van der Waals surface area contributed by atoms with Crippen molar-refractivity contribution in [2.45, 2.75) is 119 Å². The Morgan fingerprint density at radius 1 is 0.921 bits per heavy atom. The monoisotopic (exact) mass is 526 g/mol. The molecular weight excluding hydrogens is 476 g/mol. The number of carbonyl (C=O) groups excluding carboxylic acids is 3. The predicted octanol–water partition coefficient (Wildman–Crippen LogP) is 7.07. The first-order chi connectivity index (χ1) is 17.5. The highest BCUT2D eigenvalue weighted by Gasteiger charge is 2.71. The molecule has 5 aliphatic rings. The Morgan fingerprint density at radius 2 is 1.61 bits per heavy atom. The molecule has 5 nitrogen and oxygen atoms in total. The van der Waals surface area contributed by atoms with Gasteiger partial charge in [-0.3, -0.25) is 14.4 Å². The first-order valence-electron chi connectivity index (χ1n) is 15.0. The van der Waals surface area contributed by atoms with E-state index >= 15 is 0 Å². The van der Waals surface area contributed by atoms with Gasteiger partial charge in [-0.25, -0.2) is 0 Å². The maximum absolute atomic E-state index is 13.7. The molecule has 5 rings (SSSR count). The fourth-order valence-corrected chi connectivity index (χ4v) is 11.1. The maximum Gasteiger partial charge on any atom is 0.316 e. The molecule has 0 radical (unpaired) electrons. The molecule has 8 atom stereocenters. The molecule has 0 unspecified atom stereocenters. The van der Waals surface area contributed by atoms with Crippen LogP contribution in [-0.4, -0.2) is 30.9 Å². The summed E-state index contributed by atoms with van der Waals surface area (Å²) in [7, 11) is 1.48. The maximum atomic E-state index is 13.7. The number of ketones is 1. The topological polar surface area (TPSA) is 69.7 Å². The Kier molecular flexibility index (Phi) is 6.19. The van der Waals surface area contributed by atoms with Crippen molar-refractivity contribution < 1.29 is 23.9 Å². The molecular formula is C33H50O5. The highest BCUT2D eigenvalue weighted by Crippen LogP contribution is 2.75. The third kappa shape index (κ3) is 3.44. The molecule has 0 aromatic rings. The molecule has 0 aromatic heterocycles. The van der Waals surface area contributed by atoms with Crippen LogP contribution in [0.25, 0.3) is 0 Å². The predicted molar refractivity (Wildman–Crippen MR) is 147 cm³/mol. The van der Waals surface area contributed by atoms with E-state index in [1.54, 1.807) is 0 Å². The van der Waals surface area contributed by atoms with Gasteiger partial charge in [0, 0.05) is 24.7 Å². The standard InChI is InChI=1S/C33H50O5/c1-20(34)38-26-19-28(2,3)18-22-21-10-11-24-30(6)14-13-25(35)29(4,5)23(30)12-15-32(24,8)31(21,7)16-17-33(22,26)27(36)37-9/h10,22-24,26H,11-19H2,1-9H3/t22-,23-,24+,26+,30-,31+,32+,33-/m0/s1. The summed E-state index contributed by atoms with van der Waals surface area (Å²) in [5, 5.41) is 0. The van der Waals surface area contributed by atoms with Gasteiger partial charge in [-0.05, 0) is 84.9 Å². The van der Waals surface area contributed by atoms with Gasteiger partial charge in [0.15, 0.2) is 0 Å². The van der Waals surface area contributed by atoms with Gasteiger partial charge in [0.2, 0.25) is 0 Å². The SMILES string of the molecule is COC(=O)[C@@]12CC[C@]3(C)C(=CC[C@@H]4[C@@]5(C)CCC(=O)C(C)(C)[C@@H]5CC[C@]43C)[C@@H]1CC(C)(C)C[C@H]2OC(C)=O. The number of carbonyl (C=O) groups is 3. The van der Waals surface area contributed by atoms with Crippen molar-refractivity contribution in [3.63, 3.8) is 0 Å². The number of hydrogen-bond donors (Lipinski definition) is 0. The average Bonchev–Trinajstić information content (AvgIpc) is 2.81. The van der Waals surface area contributed by atoms with Crippen LogP contribution >= 0.6 is 0 Å². The zero-order chi connectivity index (χ0) is 28.1. The van der Waals surface area contributed by atoms with E-state index in [2.05, 4.69) is 54.5 Å². The van der Waals surface area contributed by atoms with Crippen LogP contribution in [0.4, 0.5) is 0 Å². The van der Waals surface area contributed by atoms with Crippen molar-refractivity contribution in [1.29, 1.82) is 0 Å². The van der Waals surface area contributed by atoms with Crippen molar-refractivity contribution >= 4 is 17.7 Å². The van der Waals surface area contributed by atoms with E-state index in [1.165, 1.54) is 19.6 Å². The Morgan fingerprint density at radius 3 is 2.24 bits per heavy atom. The van der Waals surface area contributed by atoms with Crippen LogP contribution in [-0.2, 0) is 23.9 Å². The number of ether oxygens (including phenoxy) is 2. The number of methoxy groups -OCH3 is 1. The summed E-state index contributed by atoms with van der Waals surface area (Å²) >= 11 is 0. The molecule has 38 heavy (non-hydrogen) atoms. The molecule has 4 fully saturated rings. The second-order valence-electron chi connectivity index (χ2n) is 15.7. The van der Waals surface area contributed by atoms with Crippen molar-refractivity contribution in [3.8, 4) is 0 Å². The summed E-state index contributed by atoms with van der Waals surface area (Å²) in [5.41, 5.74) is 0.410. The molecule has 212 valence electrons. The second kappa shape index (κ2) is 8.43. The highest BCUT2D eigenvalue weighted by atomic mass is 16.6. The van der Waals surface area contributed by atoms with Crippen LogP contribution in [0, 0.1) is 50.2 Å². The number of hydrogen-bond acceptors (Lipinski definition) is 5. The molecule has 0 spiro atoms. The molecule has 4 saturated carbocycles. The van der Waals surface area contributed by atoms with E-state index in [9.17, 15) is 14.4 Å². The molecule has 0 saturated heterocycles. The summed E-state index contributed by atoms with van der Waals surface area (Å²) < 4.78 is 11.5. The molecule has 0 bridgehead atoms. The summed E-state index contributed by atoms with van der Waals surface area (Å²) in [6.45, 7) is 17.8. The van der Waals surface area contributed by atoms with Gasteiger partial charge in [0.1, 0.15) is 17.3 Å². The van der Waals surface area contributed by atoms with Crippen LogP contribution in [0.15, 0.2) is 11.6 Å². The fourth-order valence-electron chi connectivity index (χ4n) is 11.1. The summed E-state index contributed by atoms with van der Waals surface area (Å²) in [5.74, 6) is 0.794. The fraction of sp³-hybridized carbons (Fsp3) is 0.848. The third-order valence-corrected chi connectivity index (χ3v) is 13.2. The number of fused-ring (bicyclic) bond motifs is 7. The molecule has 0 aromatic carbocycles. The summed E-state index contributed by atoms with van der Waals surface area (Å²) in [6.07, 6.45) is 10.0.